The van der Waals surface area contributed by atoms with Crippen LogP contribution in [0.2, 0.25) is 10.0 Å². The SMILES string of the molecule is CCNC(=O)c1cccc(NCc2cc(Cl)ccc2Cl)c1. The molecule has 0 aliphatic rings. The molecule has 2 rings (SSSR count). The Hall–Kier alpha value is -1.71. The van der Waals surface area contributed by atoms with Gasteiger partial charge in [-0.15, -0.1) is 0 Å². The van der Waals surface area contributed by atoms with E-state index < -0.39 is 0 Å². The summed E-state index contributed by atoms with van der Waals surface area (Å²) in [6.45, 7) is 3.04. The number of hydrogen-bond acceptors (Lipinski definition) is 2. The molecule has 0 aliphatic carbocycles. The predicted octanol–water partition coefficient (Wildman–Crippen LogP) is 4.36. The molecule has 0 atom stereocenters. The molecule has 0 aromatic heterocycles. The molecule has 110 valence electrons. The molecule has 0 unspecified atom stereocenters. The van der Waals surface area contributed by atoms with Crippen LogP contribution in [0.4, 0.5) is 5.69 Å². The maximum Gasteiger partial charge on any atom is 0.251 e. The fourth-order valence-electron chi connectivity index (χ4n) is 1.91. The third-order valence-electron chi connectivity index (χ3n) is 2.95. The molecular weight excluding hydrogens is 307 g/mol. The van der Waals surface area contributed by atoms with E-state index in [1.807, 2.05) is 31.2 Å². The van der Waals surface area contributed by atoms with Gasteiger partial charge in [-0.05, 0) is 48.9 Å². The Kier molecular flexibility index (Phi) is 5.48. The first-order valence-electron chi connectivity index (χ1n) is 6.66. The van der Waals surface area contributed by atoms with Gasteiger partial charge in [-0.25, -0.2) is 0 Å². The van der Waals surface area contributed by atoms with Crippen LogP contribution in [0.3, 0.4) is 0 Å². The van der Waals surface area contributed by atoms with Gasteiger partial charge in [-0.2, -0.15) is 0 Å². The zero-order chi connectivity index (χ0) is 15.2. The van der Waals surface area contributed by atoms with E-state index in [4.69, 9.17) is 23.2 Å². The van der Waals surface area contributed by atoms with Crippen molar-refractivity contribution < 1.29 is 4.79 Å². The highest BCUT2D eigenvalue weighted by atomic mass is 35.5. The van der Waals surface area contributed by atoms with Crippen molar-refractivity contribution in [1.29, 1.82) is 0 Å². The number of rotatable bonds is 5. The zero-order valence-electron chi connectivity index (χ0n) is 11.6. The number of nitrogens with one attached hydrogen (secondary N) is 2. The zero-order valence-corrected chi connectivity index (χ0v) is 13.1. The molecule has 2 aromatic carbocycles. The summed E-state index contributed by atoms with van der Waals surface area (Å²) in [4.78, 5) is 11.8. The largest absolute Gasteiger partial charge is 0.381 e. The van der Waals surface area contributed by atoms with Crippen LogP contribution in [0.5, 0.6) is 0 Å². The topological polar surface area (TPSA) is 41.1 Å². The number of hydrogen-bond donors (Lipinski definition) is 2. The summed E-state index contributed by atoms with van der Waals surface area (Å²) in [6, 6.07) is 12.7. The van der Waals surface area contributed by atoms with E-state index in [-0.39, 0.29) is 5.91 Å². The Bertz CT molecular complexity index is 644. The van der Waals surface area contributed by atoms with Gasteiger partial charge in [0.1, 0.15) is 0 Å². The van der Waals surface area contributed by atoms with Gasteiger partial charge >= 0.3 is 0 Å². The standard InChI is InChI=1S/C16H16Cl2N2O/c1-2-19-16(21)11-4-3-5-14(9-11)20-10-12-8-13(17)6-7-15(12)18/h3-9,20H,2,10H2,1H3,(H,19,21). The lowest BCUT2D eigenvalue weighted by atomic mass is 10.1. The van der Waals surface area contributed by atoms with Crippen LogP contribution in [0.15, 0.2) is 42.5 Å². The molecule has 21 heavy (non-hydrogen) atoms. The fraction of sp³-hybridized carbons (Fsp3) is 0.188. The fourth-order valence-corrected chi connectivity index (χ4v) is 2.29. The highest BCUT2D eigenvalue weighted by molar-refractivity contribution is 6.33. The van der Waals surface area contributed by atoms with Gasteiger partial charge in [-0.1, -0.05) is 29.3 Å². The maximum atomic E-state index is 11.8. The minimum absolute atomic E-state index is 0.0815. The van der Waals surface area contributed by atoms with Crippen LogP contribution in [-0.2, 0) is 6.54 Å². The molecule has 0 heterocycles. The van der Waals surface area contributed by atoms with Crippen LogP contribution in [0, 0.1) is 0 Å². The lowest BCUT2D eigenvalue weighted by Crippen LogP contribution is -2.22. The number of carbonyl (C=O) groups is 1. The molecule has 2 N–H and O–H groups in total. The van der Waals surface area contributed by atoms with Crippen LogP contribution >= 0.6 is 23.2 Å². The molecule has 0 spiro atoms. The Labute approximate surface area is 134 Å². The van der Waals surface area contributed by atoms with Gasteiger partial charge in [0.05, 0.1) is 0 Å². The van der Waals surface area contributed by atoms with E-state index in [0.29, 0.717) is 28.7 Å². The molecule has 3 nitrogen and oxygen atoms in total. The predicted molar refractivity (Wildman–Crippen MR) is 88.2 cm³/mol. The van der Waals surface area contributed by atoms with Gasteiger partial charge < -0.3 is 10.6 Å². The van der Waals surface area contributed by atoms with Gasteiger partial charge in [-0.3, -0.25) is 4.79 Å². The summed E-state index contributed by atoms with van der Waals surface area (Å²) < 4.78 is 0. The number of halogens is 2. The second-order valence-corrected chi connectivity index (χ2v) is 5.37. The number of amides is 1. The highest BCUT2D eigenvalue weighted by Crippen LogP contribution is 2.22. The second-order valence-electron chi connectivity index (χ2n) is 4.53. The van der Waals surface area contributed by atoms with Crippen LogP contribution in [0.1, 0.15) is 22.8 Å². The highest BCUT2D eigenvalue weighted by Gasteiger charge is 2.05. The molecule has 0 fully saturated rings. The average Bonchev–Trinajstić information content (AvgIpc) is 2.49. The third kappa shape index (κ3) is 4.38. The summed E-state index contributed by atoms with van der Waals surface area (Å²) >= 11 is 12.1. The monoisotopic (exact) mass is 322 g/mol. The molecule has 0 bridgehead atoms. The molecule has 0 saturated heterocycles. The number of benzene rings is 2. The van der Waals surface area contributed by atoms with Crippen molar-refractivity contribution in [3.05, 3.63) is 63.6 Å². The van der Waals surface area contributed by atoms with Gasteiger partial charge in [0, 0.05) is 34.4 Å². The van der Waals surface area contributed by atoms with E-state index >= 15 is 0 Å². The van der Waals surface area contributed by atoms with Crippen molar-refractivity contribution >= 4 is 34.8 Å². The molecule has 0 aliphatic heterocycles. The quantitative estimate of drug-likeness (QED) is 0.858. The van der Waals surface area contributed by atoms with E-state index in [1.54, 1.807) is 18.2 Å². The summed E-state index contributed by atoms with van der Waals surface area (Å²) in [7, 11) is 0. The number of anilines is 1. The van der Waals surface area contributed by atoms with E-state index in [9.17, 15) is 4.79 Å². The first kappa shape index (κ1) is 15.7. The molecule has 5 heteroatoms. The Morgan fingerprint density at radius 2 is 1.95 bits per heavy atom. The van der Waals surface area contributed by atoms with Gasteiger partial charge in [0.25, 0.3) is 5.91 Å². The lowest BCUT2D eigenvalue weighted by molar-refractivity contribution is 0.0956. The third-order valence-corrected chi connectivity index (χ3v) is 3.56. The minimum atomic E-state index is -0.0815. The Morgan fingerprint density at radius 3 is 2.71 bits per heavy atom. The van der Waals surface area contributed by atoms with Crippen molar-refractivity contribution in [2.45, 2.75) is 13.5 Å². The van der Waals surface area contributed by atoms with Gasteiger partial charge in [0.2, 0.25) is 0 Å². The first-order chi connectivity index (χ1) is 10.1. The first-order valence-corrected chi connectivity index (χ1v) is 7.42. The number of carbonyl (C=O) groups excluding carboxylic acids is 1. The van der Waals surface area contributed by atoms with Crippen LogP contribution in [-0.4, -0.2) is 12.5 Å². The smallest absolute Gasteiger partial charge is 0.251 e. The van der Waals surface area contributed by atoms with Gasteiger partial charge in [0.15, 0.2) is 0 Å². The normalized spacial score (nSPS) is 10.2. The Morgan fingerprint density at radius 1 is 1.14 bits per heavy atom. The summed E-state index contributed by atoms with van der Waals surface area (Å²) in [5.41, 5.74) is 2.39. The summed E-state index contributed by atoms with van der Waals surface area (Å²) in [6.07, 6.45) is 0. The van der Waals surface area contributed by atoms with Crippen molar-refractivity contribution in [3.8, 4) is 0 Å². The Balaban J connectivity index is 2.08. The van der Waals surface area contributed by atoms with Crippen molar-refractivity contribution in [1.82, 2.24) is 5.32 Å². The van der Waals surface area contributed by atoms with Crippen molar-refractivity contribution in [3.63, 3.8) is 0 Å². The summed E-state index contributed by atoms with van der Waals surface area (Å²) in [5.74, 6) is -0.0815. The van der Waals surface area contributed by atoms with Crippen LogP contribution < -0.4 is 10.6 Å². The molecule has 0 radical (unpaired) electrons. The average molecular weight is 323 g/mol. The van der Waals surface area contributed by atoms with Crippen molar-refractivity contribution in [2.24, 2.45) is 0 Å². The molecule has 2 aromatic rings. The van der Waals surface area contributed by atoms with E-state index in [1.165, 1.54) is 0 Å². The second kappa shape index (κ2) is 7.34. The molecule has 0 saturated carbocycles. The lowest BCUT2D eigenvalue weighted by Gasteiger charge is -2.10. The maximum absolute atomic E-state index is 11.8. The van der Waals surface area contributed by atoms with Crippen molar-refractivity contribution in [2.75, 3.05) is 11.9 Å². The molecule has 1 amide bonds. The summed E-state index contributed by atoms with van der Waals surface area (Å²) in [5, 5.41) is 7.32. The minimum Gasteiger partial charge on any atom is -0.381 e. The van der Waals surface area contributed by atoms with E-state index in [2.05, 4.69) is 10.6 Å². The van der Waals surface area contributed by atoms with E-state index in [0.717, 1.165) is 11.3 Å². The van der Waals surface area contributed by atoms with Crippen LogP contribution in [0.25, 0.3) is 0 Å². The molecular formula is C16H16Cl2N2O.